The zero-order chi connectivity index (χ0) is 17.3. The minimum absolute atomic E-state index is 0.0561. The van der Waals surface area contributed by atoms with E-state index in [4.69, 9.17) is 28.9 Å². The van der Waals surface area contributed by atoms with Crippen LogP contribution in [0.1, 0.15) is 32.1 Å². The summed E-state index contributed by atoms with van der Waals surface area (Å²) in [5.41, 5.74) is 6.53. The number of nitrogens with one attached hydrogen (secondary N) is 1. The summed E-state index contributed by atoms with van der Waals surface area (Å²) in [6, 6.07) is 5.41. The highest BCUT2D eigenvalue weighted by Gasteiger charge is 2.36. The highest BCUT2D eigenvalue weighted by molar-refractivity contribution is 6.35. The Bertz CT molecular complexity index is 624. The van der Waals surface area contributed by atoms with Crippen LogP contribution in [0.25, 0.3) is 0 Å². The molecule has 1 saturated heterocycles. The van der Waals surface area contributed by atoms with Gasteiger partial charge in [0.15, 0.2) is 0 Å². The fourth-order valence-corrected chi connectivity index (χ4v) is 3.92. The number of anilines is 1. The summed E-state index contributed by atoms with van der Waals surface area (Å²) in [5, 5.41) is 4.01. The minimum Gasteiger partial charge on any atom is -0.353 e. The second kappa shape index (κ2) is 7.30. The van der Waals surface area contributed by atoms with Crippen molar-refractivity contribution in [1.29, 1.82) is 0 Å². The van der Waals surface area contributed by atoms with Gasteiger partial charge < -0.3 is 16.0 Å². The summed E-state index contributed by atoms with van der Waals surface area (Å²) >= 11 is 12.0. The van der Waals surface area contributed by atoms with Gasteiger partial charge in [0.2, 0.25) is 11.8 Å². The molecule has 1 aliphatic heterocycles. The lowest BCUT2D eigenvalue weighted by molar-refractivity contribution is -0.127. The predicted octanol–water partition coefficient (Wildman–Crippen LogP) is 2.73. The lowest BCUT2D eigenvalue weighted by Crippen LogP contribution is -2.43. The molecule has 1 unspecified atom stereocenters. The van der Waals surface area contributed by atoms with Crippen molar-refractivity contribution in [2.45, 2.75) is 44.2 Å². The van der Waals surface area contributed by atoms with Crippen LogP contribution >= 0.6 is 23.2 Å². The van der Waals surface area contributed by atoms with Gasteiger partial charge >= 0.3 is 0 Å². The predicted molar refractivity (Wildman–Crippen MR) is 95.3 cm³/mol. The Morgan fingerprint density at radius 1 is 1.12 bits per heavy atom. The molecule has 2 fully saturated rings. The quantitative estimate of drug-likeness (QED) is 0.859. The largest absolute Gasteiger partial charge is 0.353 e. The maximum atomic E-state index is 12.5. The van der Waals surface area contributed by atoms with Crippen molar-refractivity contribution in [1.82, 2.24) is 5.32 Å². The van der Waals surface area contributed by atoms with Gasteiger partial charge in [-0.25, -0.2) is 0 Å². The number of rotatable bonds is 3. The van der Waals surface area contributed by atoms with E-state index in [1.807, 2.05) is 0 Å². The highest BCUT2D eigenvalue weighted by Crippen LogP contribution is 2.30. The normalized spacial score (nSPS) is 27.4. The maximum absolute atomic E-state index is 12.5. The molecule has 1 aromatic rings. The van der Waals surface area contributed by atoms with Crippen LogP contribution < -0.4 is 16.0 Å². The van der Waals surface area contributed by atoms with Gasteiger partial charge in [0.05, 0.1) is 5.92 Å². The van der Waals surface area contributed by atoms with E-state index >= 15 is 0 Å². The first-order chi connectivity index (χ1) is 11.4. The van der Waals surface area contributed by atoms with Gasteiger partial charge in [0, 0.05) is 40.8 Å². The molecular weight excluding hydrogens is 349 g/mol. The Hall–Kier alpha value is -1.30. The SMILES string of the molecule is NC1CCC(NC(=O)C2CC(=O)N(c3cc(Cl)cc(Cl)c3)C2)CC1. The first-order valence-corrected chi connectivity index (χ1v) is 9.00. The van der Waals surface area contributed by atoms with E-state index in [2.05, 4.69) is 5.32 Å². The van der Waals surface area contributed by atoms with Gasteiger partial charge in [-0.3, -0.25) is 9.59 Å². The standard InChI is InChI=1S/C17H21Cl2N3O2/c18-11-6-12(19)8-15(7-11)22-9-10(5-16(22)23)17(24)21-14-3-1-13(20)2-4-14/h6-8,10,13-14H,1-5,9,20H2,(H,21,24). The van der Waals surface area contributed by atoms with E-state index in [9.17, 15) is 9.59 Å². The third-order valence-corrected chi connectivity index (χ3v) is 5.21. The molecule has 24 heavy (non-hydrogen) atoms. The molecule has 1 aromatic carbocycles. The van der Waals surface area contributed by atoms with E-state index in [1.165, 1.54) is 0 Å². The summed E-state index contributed by atoms with van der Waals surface area (Å²) in [6.07, 6.45) is 3.88. The maximum Gasteiger partial charge on any atom is 0.227 e. The Labute approximate surface area is 151 Å². The number of carbonyl (C=O) groups excluding carboxylic acids is 2. The molecule has 1 aliphatic carbocycles. The summed E-state index contributed by atoms with van der Waals surface area (Å²) < 4.78 is 0. The number of amides is 2. The Kier molecular flexibility index (Phi) is 5.33. The van der Waals surface area contributed by atoms with Gasteiger partial charge in [-0.15, -0.1) is 0 Å². The lowest BCUT2D eigenvalue weighted by atomic mass is 9.91. The van der Waals surface area contributed by atoms with E-state index in [-0.39, 0.29) is 36.2 Å². The minimum atomic E-state index is -0.342. The number of nitrogens with two attached hydrogens (primary N) is 1. The number of benzene rings is 1. The third kappa shape index (κ3) is 4.02. The number of hydrogen-bond acceptors (Lipinski definition) is 3. The van der Waals surface area contributed by atoms with Crippen molar-refractivity contribution in [3.05, 3.63) is 28.2 Å². The summed E-state index contributed by atoms with van der Waals surface area (Å²) in [5.74, 6) is -0.482. The first-order valence-electron chi connectivity index (χ1n) is 8.25. The van der Waals surface area contributed by atoms with E-state index in [0.717, 1.165) is 25.7 Å². The lowest BCUT2D eigenvalue weighted by Gasteiger charge is -2.27. The van der Waals surface area contributed by atoms with Crippen LogP contribution in [-0.4, -0.2) is 30.4 Å². The summed E-state index contributed by atoms with van der Waals surface area (Å²) in [6.45, 7) is 0.355. The molecule has 0 bridgehead atoms. The van der Waals surface area contributed by atoms with Gasteiger partial charge in [0.1, 0.15) is 0 Å². The van der Waals surface area contributed by atoms with Crippen LogP contribution in [0.15, 0.2) is 18.2 Å². The van der Waals surface area contributed by atoms with Crippen molar-refractivity contribution >= 4 is 40.7 Å². The molecule has 1 heterocycles. The average Bonchev–Trinajstić information content (AvgIpc) is 2.91. The van der Waals surface area contributed by atoms with Crippen LogP contribution in [0.5, 0.6) is 0 Å². The molecule has 130 valence electrons. The van der Waals surface area contributed by atoms with Crippen LogP contribution in [0.2, 0.25) is 10.0 Å². The molecule has 1 saturated carbocycles. The number of hydrogen-bond donors (Lipinski definition) is 2. The number of halogens is 2. The fourth-order valence-electron chi connectivity index (χ4n) is 3.41. The molecule has 5 nitrogen and oxygen atoms in total. The molecule has 0 aromatic heterocycles. The monoisotopic (exact) mass is 369 g/mol. The topological polar surface area (TPSA) is 75.4 Å². The van der Waals surface area contributed by atoms with E-state index < -0.39 is 0 Å². The number of nitrogens with zero attached hydrogens (tertiary/aromatic N) is 1. The molecule has 0 radical (unpaired) electrons. The van der Waals surface area contributed by atoms with Crippen molar-refractivity contribution < 1.29 is 9.59 Å². The van der Waals surface area contributed by atoms with Crippen LogP contribution in [-0.2, 0) is 9.59 Å². The second-order valence-electron chi connectivity index (χ2n) is 6.65. The van der Waals surface area contributed by atoms with Crippen molar-refractivity contribution in [3.63, 3.8) is 0 Å². The average molecular weight is 370 g/mol. The first kappa shape index (κ1) is 17.5. The van der Waals surface area contributed by atoms with Crippen molar-refractivity contribution in [2.75, 3.05) is 11.4 Å². The zero-order valence-electron chi connectivity index (χ0n) is 13.3. The molecule has 0 spiro atoms. The molecule has 3 rings (SSSR count). The number of carbonyl (C=O) groups is 2. The van der Waals surface area contributed by atoms with E-state index in [0.29, 0.717) is 22.3 Å². The molecule has 3 N–H and O–H groups in total. The molecule has 7 heteroatoms. The molecular formula is C17H21Cl2N3O2. The summed E-state index contributed by atoms with van der Waals surface area (Å²) in [7, 11) is 0. The van der Waals surface area contributed by atoms with Crippen molar-refractivity contribution in [3.8, 4) is 0 Å². The molecule has 1 atom stereocenters. The molecule has 2 amide bonds. The Morgan fingerprint density at radius 2 is 1.75 bits per heavy atom. The second-order valence-corrected chi connectivity index (χ2v) is 7.53. The molecule has 2 aliphatic rings. The third-order valence-electron chi connectivity index (χ3n) is 4.77. The zero-order valence-corrected chi connectivity index (χ0v) is 14.8. The van der Waals surface area contributed by atoms with Gasteiger partial charge in [-0.1, -0.05) is 23.2 Å². The van der Waals surface area contributed by atoms with Crippen molar-refractivity contribution in [2.24, 2.45) is 11.7 Å². The van der Waals surface area contributed by atoms with Gasteiger partial charge in [0.25, 0.3) is 0 Å². The highest BCUT2D eigenvalue weighted by atomic mass is 35.5. The fraction of sp³-hybridized carbons (Fsp3) is 0.529. The van der Waals surface area contributed by atoms with E-state index in [1.54, 1.807) is 23.1 Å². The Balaban J connectivity index is 1.62. The van der Waals surface area contributed by atoms with Crippen LogP contribution in [0.3, 0.4) is 0 Å². The Morgan fingerprint density at radius 3 is 2.38 bits per heavy atom. The van der Waals surface area contributed by atoms with Crippen LogP contribution in [0, 0.1) is 5.92 Å². The van der Waals surface area contributed by atoms with Crippen LogP contribution in [0.4, 0.5) is 5.69 Å². The smallest absolute Gasteiger partial charge is 0.227 e. The van der Waals surface area contributed by atoms with Gasteiger partial charge in [-0.05, 0) is 43.9 Å². The van der Waals surface area contributed by atoms with Gasteiger partial charge in [-0.2, -0.15) is 0 Å². The summed E-state index contributed by atoms with van der Waals surface area (Å²) in [4.78, 5) is 26.4.